The van der Waals surface area contributed by atoms with E-state index in [4.69, 9.17) is 16.3 Å². The molecule has 2 aromatic rings. The number of halogens is 1. The fraction of sp³-hybridized carbons (Fsp3) is 0.278. The molecular weight excluding hydrogens is 298 g/mol. The Morgan fingerprint density at radius 3 is 2.64 bits per heavy atom. The first kappa shape index (κ1) is 13.6. The summed E-state index contributed by atoms with van der Waals surface area (Å²) in [5.41, 5.74) is 4.97. The van der Waals surface area contributed by atoms with E-state index in [-0.39, 0.29) is 5.91 Å². The van der Waals surface area contributed by atoms with E-state index in [0.29, 0.717) is 11.3 Å². The standard InChI is InChI=1S/C18H16ClNO2/c1-22-16-8-3-2-7-13(16)18(19)14-9-11-5-4-6-12(11)10-15(14)20-17(18)21/h2-3,7-10H,4-6H2,1H3,(H,20,21). The lowest BCUT2D eigenvalue weighted by Gasteiger charge is -2.23. The van der Waals surface area contributed by atoms with Crippen LogP contribution in [0.2, 0.25) is 0 Å². The van der Waals surface area contributed by atoms with E-state index >= 15 is 0 Å². The molecule has 4 rings (SSSR count). The first-order valence-corrected chi connectivity index (χ1v) is 7.82. The molecule has 1 N–H and O–H groups in total. The van der Waals surface area contributed by atoms with Crippen molar-refractivity contribution in [3.05, 3.63) is 58.7 Å². The highest BCUT2D eigenvalue weighted by Crippen LogP contribution is 2.50. The van der Waals surface area contributed by atoms with Crippen LogP contribution >= 0.6 is 11.6 Å². The summed E-state index contributed by atoms with van der Waals surface area (Å²) in [5, 5.41) is 2.94. The number of fused-ring (bicyclic) bond motifs is 2. The molecule has 1 aliphatic heterocycles. The molecule has 1 amide bonds. The maximum absolute atomic E-state index is 12.7. The van der Waals surface area contributed by atoms with Crippen molar-refractivity contribution in [2.75, 3.05) is 12.4 Å². The largest absolute Gasteiger partial charge is 0.496 e. The second-order valence-corrected chi connectivity index (χ2v) is 6.40. The molecule has 112 valence electrons. The van der Waals surface area contributed by atoms with Crippen molar-refractivity contribution in [2.24, 2.45) is 0 Å². The van der Waals surface area contributed by atoms with E-state index in [1.807, 2.05) is 24.3 Å². The first-order chi connectivity index (χ1) is 10.6. The Balaban J connectivity index is 1.95. The van der Waals surface area contributed by atoms with Gasteiger partial charge < -0.3 is 10.1 Å². The summed E-state index contributed by atoms with van der Waals surface area (Å²) in [6.07, 6.45) is 3.29. The number of hydrogen-bond donors (Lipinski definition) is 1. The minimum absolute atomic E-state index is 0.211. The van der Waals surface area contributed by atoms with Crippen molar-refractivity contribution in [1.82, 2.24) is 0 Å². The van der Waals surface area contributed by atoms with Crippen LogP contribution in [-0.4, -0.2) is 13.0 Å². The summed E-state index contributed by atoms with van der Waals surface area (Å²) < 4.78 is 5.41. The van der Waals surface area contributed by atoms with Crippen LogP contribution in [0.3, 0.4) is 0 Å². The summed E-state index contributed by atoms with van der Waals surface area (Å²) in [7, 11) is 1.59. The zero-order chi connectivity index (χ0) is 15.3. The Hall–Kier alpha value is -2.00. The molecule has 1 unspecified atom stereocenters. The lowest BCUT2D eigenvalue weighted by Crippen LogP contribution is -2.30. The van der Waals surface area contributed by atoms with Crippen molar-refractivity contribution in [1.29, 1.82) is 0 Å². The van der Waals surface area contributed by atoms with E-state index in [0.717, 1.165) is 30.5 Å². The molecule has 2 aromatic carbocycles. The van der Waals surface area contributed by atoms with E-state index in [1.165, 1.54) is 11.1 Å². The lowest BCUT2D eigenvalue weighted by atomic mass is 9.89. The number of hydrogen-bond acceptors (Lipinski definition) is 2. The summed E-state index contributed by atoms with van der Waals surface area (Å²) in [4.78, 5) is 11.4. The molecule has 4 heteroatoms. The van der Waals surface area contributed by atoms with Crippen molar-refractivity contribution >= 4 is 23.2 Å². The van der Waals surface area contributed by atoms with Gasteiger partial charge in [0.2, 0.25) is 0 Å². The number of alkyl halides is 1. The van der Waals surface area contributed by atoms with Crippen LogP contribution in [0, 0.1) is 0 Å². The Kier molecular flexibility index (Phi) is 2.95. The highest BCUT2D eigenvalue weighted by molar-refractivity contribution is 6.41. The quantitative estimate of drug-likeness (QED) is 0.860. The van der Waals surface area contributed by atoms with Gasteiger partial charge in [-0.3, -0.25) is 4.79 Å². The van der Waals surface area contributed by atoms with Crippen LogP contribution < -0.4 is 10.1 Å². The number of amides is 1. The van der Waals surface area contributed by atoms with E-state index < -0.39 is 4.87 Å². The highest BCUT2D eigenvalue weighted by Gasteiger charge is 2.49. The number of aryl methyl sites for hydroxylation is 2. The number of carbonyl (C=O) groups is 1. The number of ether oxygens (including phenoxy) is 1. The second kappa shape index (κ2) is 4.75. The summed E-state index contributed by atoms with van der Waals surface area (Å²) in [6, 6.07) is 11.6. The first-order valence-electron chi connectivity index (χ1n) is 7.44. The molecule has 0 bridgehead atoms. The zero-order valence-corrected chi connectivity index (χ0v) is 13.0. The highest BCUT2D eigenvalue weighted by atomic mass is 35.5. The van der Waals surface area contributed by atoms with E-state index in [2.05, 4.69) is 17.4 Å². The van der Waals surface area contributed by atoms with Crippen molar-refractivity contribution in [2.45, 2.75) is 24.1 Å². The SMILES string of the molecule is COc1ccccc1C1(Cl)C(=O)Nc2cc3c(cc21)CCC3. The van der Waals surface area contributed by atoms with Crippen LogP contribution in [-0.2, 0) is 22.5 Å². The predicted molar refractivity (Wildman–Crippen MR) is 86.7 cm³/mol. The molecule has 0 fully saturated rings. The van der Waals surface area contributed by atoms with Crippen LogP contribution in [0.4, 0.5) is 5.69 Å². The van der Waals surface area contributed by atoms with Crippen molar-refractivity contribution < 1.29 is 9.53 Å². The summed E-state index contributed by atoms with van der Waals surface area (Å²) in [6.45, 7) is 0. The second-order valence-electron chi connectivity index (χ2n) is 5.83. The van der Waals surface area contributed by atoms with Crippen molar-refractivity contribution in [3.63, 3.8) is 0 Å². The molecule has 0 aromatic heterocycles. The number of nitrogens with one attached hydrogen (secondary N) is 1. The normalized spacial score (nSPS) is 22.2. The third kappa shape index (κ3) is 1.72. The summed E-state index contributed by atoms with van der Waals surface area (Å²) in [5.74, 6) is 0.415. The lowest BCUT2D eigenvalue weighted by molar-refractivity contribution is -0.117. The average molecular weight is 314 g/mol. The third-order valence-electron chi connectivity index (χ3n) is 4.64. The topological polar surface area (TPSA) is 38.3 Å². The Morgan fingerprint density at radius 2 is 1.86 bits per heavy atom. The van der Waals surface area contributed by atoms with Crippen LogP contribution in [0.25, 0.3) is 0 Å². The average Bonchev–Trinajstić information content (AvgIpc) is 3.09. The molecule has 0 spiro atoms. The molecule has 0 radical (unpaired) electrons. The van der Waals surface area contributed by atoms with Gasteiger partial charge in [0.05, 0.1) is 7.11 Å². The fourth-order valence-corrected chi connectivity index (χ4v) is 3.90. The number of benzene rings is 2. The van der Waals surface area contributed by atoms with Gasteiger partial charge in [-0.25, -0.2) is 0 Å². The molecule has 3 nitrogen and oxygen atoms in total. The molecule has 0 saturated carbocycles. The van der Waals surface area contributed by atoms with E-state index in [1.54, 1.807) is 7.11 Å². The van der Waals surface area contributed by atoms with Gasteiger partial charge in [0.25, 0.3) is 5.91 Å². The molecular formula is C18H16ClNO2. The minimum Gasteiger partial charge on any atom is -0.496 e. The monoisotopic (exact) mass is 313 g/mol. The number of rotatable bonds is 2. The number of anilines is 1. The predicted octanol–water partition coefficient (Wildman–Crippen LogP) is 3.62. The van der Waals surface area contributed by atoms with Gasteiger partial charge in [-0.2, -0.15) is 0 Å². The van der Waals surface area contributed by atoms with Gasteiger partial charge >= 0.3 is 0 Å². The third-order valence-corrected chi connectivity index (χ3v) is 5.22. The molecule has 0 saturated heterocycles. The minimum atomic E-state index is -1.22. The Morgan fingerprint density at radius 1 is 1.14 bits per heavy atom. The Labute approximate surface area is 134 Å². The zero-order valence-electron chi connectivity index (χ0n) is 12.3. The molecule has 1 heterocycles. The maximum Gasteiger partial charge on any atom is 0.254 e. The molecule has 22 heavy (non-hydrogen) atoms. The smallest absolute Gasteiger partial charge is 0.254 e. The number of carbonyl (C=O) groups excluding carboxylic acids is 1. The maximum atomic E-state index is 12.7. The van der Waals surface area contributed by atoms with Gasteiger partial charge in [0, 0.05) is 16.8 Å². The van der Waals surface area contributed by atoms with Gasteiger partial charge in [-0.15, -0.1) is 0 Å². The molecule has 1 aliphatic carbocycles. The summed E-state index contributed by atoms with van der Waals surface area (Å²) >= 11 is 6.87. The van der Waals surface area contributed by atoms with Crippen molar-refractivity contribution in [3.8, 4) is 5.75 Å². The van der Waals surface area contributed by atoms with Gasteiger partial charge in [0.1, 0.15) is 5.75 Å². The van der Waals surface area contributed by atoms with Crippen LogP contribution in [0.5, 0.6) is 5.75 Å². The van der Waals surface area contributed by atoms with Gasteiger partial charge in [-0.05, 0) is 42.5 Å². The van der Waals surface area contributed by atoms with Gasteiger partial charge in [-0.1, -0.05) is 35.9 Å². The van der Waals surface area contributed by atoms with Gasteiger partial charge in [0.15, 0.2) is 4.87 Å². The Bertz CT molecular complexity index is 787. The fourth-order valence-electron chi connectivity index (χ4n) is 3.54. The number of methoxy groups -OCH3 is 1. The van der Waals surface area contributed by atoms with Crippen LogP contribution in [0.1, 0.15) is 28.7 Å². The van der Waals surface area contributed by atoms with Crippen LogP contribution in [0.15, 0.2) is 36.4 Å². The van der Waals surface area contributed by atoms with E-state index in [9.17, 15) is 4.79 Å². The molecule has 2 aliphatic rings. The molecule has 1 atom stereocenters. The number of para-hydroxylation sites is 1.